The Kier molecular flexibility index (Phi) is 5.34. The summed E-state index contributed by atoms with van der Waals surface area (Å²) in [6.45, 7) is 3.52. The second-order valence-electron chi connectivity index (χ2n) is 7.94. The smallest absolute Gasteiger partial charge is 0.275 e. The Morgan fingerprint density at radius 2 is 1.73 bits per heavy atom. The third-order valence-electron chi connectivity index (χ3n) is 5.92. The van der Waals surface area contributed by atoms with Crippen LogP contribution in [0.3, 0.4) is 0 Å². The first-order valence-electron chi connectivity index (χ1n) is 10.8. The van der Waals surface area contributed by atoms with Crippen LogP contribution in [-0.4, -0.2) is 51.7 Å². The van der Waals surface area contributed by atoms with E-state index < -0.39 is 0 Å². The number of rotatable bonds is 6. The molecule has 2 aromatic carbocycles. The molecule has 8 heteroatoms. The number of aromatic nitrogens is 3. The molecule has 33 heavy (non-hydrogen) atoms. The molecule has 0 aliphatic carbocycles. The Bertz CT molecular complexity index is 1410. The lowest BCUT2D eigenvalue weighted by atomic mass is 10.1. The van der Waals surface area contributed by atoms with E-state index in [0.717, 1.165) is 28.0 Å². The fourth-order valence-corrected chi connectivity index (χ4v) is 4.24. The summed E-state index contributed by atoms with van der Waals surface area (Å²) >= 11 is 0. The van der Waals surface area contributed by atoms with Crippen molar-refractivity contribution in [3.63, 3.8) is 0 Å². The van der Waals surface area contributed by atoms with E-state index in [1.54, 1.807) is 45.8 Å². The molecule has 1 aliphatic rings. The van der Waals surface area contributed by atoms with Crippen LogP contribution in [0.2, 0.25) is 0 Å². The van der Waals surface area contributed by atoms with E-state index in [2.05, 4.69) is 4.98 Å². The van der Waals surface area contributed by atoms with Crippen LogP contribution >= 0.6 is 0 Å². The molecule has 2 aromatic heterocycles. The lowest BCUT2D eigenvalue weighted by Crippen LogP contribution is -2.46. The summed E-state index contributed by atoms with van der Waals surface area (Å²) in [4.78, 5) is 31.9. The summed E-state index contributed by atoms with van der Waals surface area (Å²) < 4.78 is 14.7. The summed E-state index contributed by atoms with van der Waals surface area (Å²) in [5.41, 5.74) is 1.50. The van der Waals surface area contributed by atoms with Crippen LogP contribution in [0, 0.1) is 6.92 Å². The maximum atomic E-state index is 13.0. The highest BCUT2D eigenvalue weighted by atomic mass is 16.5. The lowest BCUT2D eigenvalue weighted by molar-refractivity contribution is 0.0673. The van der Waals surface area contributed by atoms with E-state index in [9.17, 15) is 9.59 Å². The van der Waals surface area contributed by atoms with Gasteiger partial charge in [-0.05, 0) is 31.2 Å². The van der Waals surface area contributed by atoms with Crippen molar-refractivity contribution in [1.29, 1.82) is 0 Å². The van der Waals surface area contributed by atoms with Crippen LogP contribution in [-0.2, 0) is 6.54 Å². The lowest BCUT2D eigenvalue weighted by Gasteiger charge is -2.29. The van der Waals surface area contributed by atoms with Crippen molar-refractivity contribution in [2.24, 2.45) is 0 Å². The van der Waals surface area contributed by atoms with Crippen LogP contribution in [0.1, 0.15) is 16.2 Å². The minimum absolute atomic E-state index is 0.171. The number of methoxy groups -OCH3 is 1. The van der Waals surface area contributed by atoms with Gasteiger partial charge in [0.25, 0.3) is 11.5 Å². The minimum atomic E-state index is -0.196. The molecule has 8 nitrogen and oxygen atoms in total. The summed E-state index contributed by atoms with van der Waals surface area (Å²) in [6, 6.07) is 15.0. The highest BCUT2D eigenvalue weighted by molar-refractivity contribution is 5.94. The maximum absolute atomic E-state index is 13.0. The van der Waals surface area contributed by atoms with Crippen molar-refractivity contribution in [2.45, 2.75) is 13.5 Å². The molecule has 5 rings (SSSR count). The van der Waals surface area contributed by atoms with Gasteiger partial charge in [-0.1, -0.05) is 24.3 Å². The van der Waals surface area contributed by atoms with Crippen LogP contribution in [0.5, 0.6) is 11.5 Å². The Hall–Kier alpha value is -4.07. The van der Waals surface area contributed by atoms with Gasteiger partial charge in [0.1, 0.15) is 29.5 Å². The molecule has 0 unspecified atom stereocenters. The number of hydrogen-bond acceptors (Lipinski definition) is 5. The average Bonchev–Trinajstić information content (AvgIpc) is 3.26. The molecule has 0 saturated heterocycles. The van der Waals surface area contributed by atoms with E-state index in [-0.39, 0.29) is 11.5 Å². The van der Waals surface area contributed by atoms with Crippen molar-refractivity contribution in [2.75, 3.05) is 26.8 Å². The van der Waals surface area contributed by atoms with Crippen LogP contribution < -0.4 is 15.0 Å². The molecular weight excluding hydrogens is 420 g/mol. The number of nitrogens with zero attached hydrogens (tertiary/aromatic N) is 4. The van der Waals surface area contributed by atoms with Crippen molar-refractivity contribution < 1.29 is 14.3 Å². The molecule has 0 saturated carbocycles. The predicted molar refractivity (Wildman–Crippen MR) is 124 cm³/mol. The predicted octanol–water partition coefficient (Wildman–Crippen LogP) is 3.04. The van der Waals surface area contributed by atoms with E-state index in [1.807, 2.05) is 43.3 Å². The molecule has 1 aliphatic heterocycles. The number of ether oxygens (including phenoxy) is 2. The summed E-state index contributed by atoms with van der Waals surface area (Å²) in [5, 5.41) is 1.93. The summed E-state index contributed by atoms with van der Waals surface area (Å²) in [6.07, 6.45) is 3.40. The second-order valence-corrected chi connectivity index (χ2v) is 7.94. The summed E-state index contributed by atoms with van der Waals surface area (Å²) in [5.74, 6) is 1.36. The highest BCUT2D eigenvalue weighted by Gasteiger charge is 2.26. The first-order valence-corrected chi connectivity index (χ1v) is 10.8. The fraction of sp³-hybridized carbons (Fsp3) is 0.240. The number of benzene rings is 2. The topological polar surface area (TPSA) is 78.6 Å². The molecule has 1 amide bonds. The monoisotopic (exact) mass is 444 g/mol. The zero-order chi connectivity index (χ0) is 22.9. The van der Waals surface area contributed by atoms with Gasteiger partial charge in [0.2, 0.25) is 0 Å². The molecule has 168 valence electrons. The molecule has 0 bridgehead atoms. The molecule has 0 N–H and O–H groups in total. The average molecular weight is 444 g/mol. The highest BCUT2D eigenvalue weighted by Crippen LogP contribution is 2.31. The SMILES string of the molecule is COc1cccc2c(OCCN3CCn4c(ccc(-n5cnc(C)c5)c4=O)C3=O)cccc12. The second kappa shape index (κ2) is 8.46. The van der Waals surface area contributed by atoms with Gasteiger partial charge in [-0.3, -0.25) is 9.59 Å². The van der Waals surface area contributed by atoms with Gasteiger partial charge in [0, 0.05) is 30.1 Å². The third-order valence-corrected chi connectivity index (χ3v) is 5.92. The summed E-state index contributed by atoms with van der Waals surface area (Å²) in [7, 11) is 1.65. The quantitative estimate of drug-likeness (QED) is 0.457. The fourth-order valence-electron chi connectivity index (χ4n) is 4.24. The molecule has 0 radical (unpaired) electrons. The van der Waals surface area contributed by atoms with Crippen LogP contribution in [0.25, 0.3) is 16.5 Å². The standard InChI is InChI=1S/C25H24N4O4/c1-17-15-28(16-26-17)20-9-10-21-24(30)27(11-12-29(21)25(20)31)13-14-33-23-8-4-5-18-19(23)6-3-7-22(18)32-2/h3-10,15-16H,11-14H2,1-2H3. The Balaban J connectivity index is 1.31. The van der Waals surface area contributed by atoms with E-state index in [0.29, 0.717) is 37.6 Å². The number of amides is 1. The van der Waals surface area contributed by atoms with Gasteiger partial charge in [0.15, 0.2) is 0 Å². The number of pyridine rings is 1. The van der Waals surface area contributed by atoms with Crippen molar-refractivity contribution in [1.82, 2.24) is 19.0 Å². The molecule has 0 atom stereocenters. The van der Waals surface area contributed by atoms with Crippen molar-refractivity contribution >= 4 is 16.7 Å². The van der Waals surface area contributed by atoms with Gasteiger partial charge >= 0.3 is 0 Å². The van der Waals surface area contributed by atoms with E-state index in [1.165, 1.54) is 0 Å². The van der Waals surface area contributed by atoms with Gasteiger partial charge < -0.3 is 23.5 Å². The number of hydrogen-bond donors (Lipinski definition) is 0. The molecule has 0 spiro atoms. The van der Waals surface area contributed by atoms with Gasteiger partial charge in [-0.15, -0.1) is 0 Å². The molecule has 0 fully saturated rings. The number of fused-ring (bicyclic) bond motifs is 2. The number of carbonyl (C=O) groups excluding carboxylic acids is 1. The Morgan fingerprint density at radius 3 is 2.45 bits per heavy atom. The van der Waals surface area contributed by atoms with E-state index in [4.69, 9.17) is 9.47 Å². The van der Waals surface area contributed by atoms with Gasteiger partial charge in [-0.25, -0.2) is 4.98 Å². The van der Waals surface area contributed by atoms with Crippen LogP contribution in [0.4, 0.5) is 0 Å². The third kappa shape index (κ3) is 3.73. The Labute approximate surface area is 190 Å². The number of imidazole rings is 1. The van der Waals surface area contributed by atoms with Crippen molar-refractivity contribution in [3.8, 4) is 17.2 Å². The largest absolute Gasteiger partial charge is 0.496 e. The Morgan fingerprint density at radius 1 is 0.970 bits per heavy atom. The first kappa shape index (κ1) is 20.8. The molecule has 4 aromatic rings. The normalized spacial score (nSPS) is 13.3. The van der Waals surface area contributed by atoms with Gasteiger partial charge in [0.05, 0.1) is 25.7 Å². The van der Waals surface area contributed by atoms with Gasteiger partial charge in [-0.2, -0.15) is 0 Å². The number of carbonyl (C=O) groups is 1. The van der Waals surface area contributed by atoms with Crippen LogP contribution in [0.15, 0.2) is 65.8 Å². The maximum Gasteiger partial charge on any atom is 0.275 e. The zero-order valence-electron chi connectivity index (χ0n) is 18.5. The zero-order valence-corrected chi connectivity index (χ0v) is 18.5. The molecule has 3 heterocycles. The first-order chi connectivity index (χ1) is 16.1. The number of aryl methyl sites for hydroxylation is 1. The molecular formula is C25H24N4O4. The van der Waals surface area contributed by atoms with Crippen molar-refractivity contribution in [3.05, 3.63) is 82.8 Å². The minimum Gasteiger partial charge on any atom is -0.496 e. The van der Waals surface area contributed by atoms with E-state index >= 15 is 0 Å².